The molecule has 2 rings (SSSR count). The second-order valence-electron chi connectivity index (χ2n) is 4.94. The van der Waals surface area contributed by atoms with E-state index >= 15 is 0 Å². The van der Waals surface area contributed by atoms with Crippen molar-refractivity contribution in [1.29, 1.82) is 0 Å². The van der Waals surface area contributed by atoms with Crippen molar-refractivity contribution in [3.8, 4) is 0 Å². The van der Waals surface area contributed by atoms with Crippen LogP contribution in [0.2, 0.25) is 0 Å². The molecule has 0 saturated carbocycles. The van der Waals surface area contributed by atoms with Gasteiger partial charge in [0.25, 0.3) is 0 Å². The summed E-state index contributed by atoms with van der Waals surface area (Å²) >= 11 is 0. The predicted molar refractivity (Wildman–Crippen MR) is 77.6 cm³/mol. The molecule has 0 aliphatic carbocycles. The lowest BCUT2D eigenvalue weighted by Gasteiger charge is -2.15. The van der Waals surface area contributed by atoms with Crippen LogP contribution in [-0.4, -0.2) is 11.1 Å². The third-order valence-corrected chi connectivity index (χ3v) is 3.45. The third kappa shape index (κ3) is 3.21. The highest BCUT2D eigenvalue weighted by molar-refractivity contribution is 5.95. The molecule has 6 heteroatoms. The highest BCUT2D eigenvalue weighted by Gasteiger charge is 2.31. The van der Waals surface area contributed by atoms with Gasteiger partial charge in [0, 0.05) is 5.69 Å². The molecule has 0 spiro atoms. The zero-order valence-corrected chi connectivity index (χ0v) is 12.0. The normalized spacial score (nSPS) is 11.3. The number of carboxylic acid groups (broad SMARTS) is 1. The maximum Gasteiger partial charge on any atom is 0.416 e. The fraction of sp³-hybridized carbons (Fsp3) is 0.188. The summed E-state index contributed by atoms with van der Waals surface area (Å²) in [5.74, 6) is -1.29. The van der Waals surface area contributed by atoms with Gasteiger partial charge in [-0.05, 0) is 49.2 Å². The Morgan fingerprint density at radius 1 is 1.09 bits per heavy atom. The molecule has 0 aliphatic rings. The van der Waals surface area contributed by atoms with Crippen molar-refractivity contribution in [2.75, 3.05) is 5.32 Å². The highest BCUT2D eigenvalue weighted by atomic mass is 19.4. The van der Waals surface area contributed by atoms with E-state index in [9.17, 15) is 18.0 Å². The number of anilines is 2. The van der Waals surface area contributed by atoms with Crippen LogP contribution < -0.4 is 5.32 Å². The maximum atomic E-state index is 12.8. The predicted octanol–water partition coefficient (Wildman–Crippen LogP) is 4.76. The van der Waals surface area contributed by atoms with Gasteiger partial charge in [0.15, 0.2) is 0 Å². The third-order valence-electron chi connectivity index (χ3n) is 3.45. The van der Waals surface area contributed by atoms with Crippen molar-refractivity contribution in [2.45, 2.75) is 20.0 Å². The highest BCUT2D eigenvalue weighted by Crippen LogP contribution is 2.34. The van der Waals surface area contributed by atoms with Crippen LogP contribution in [0.4, 0.5) is 24.5 Å². The summed E-state index contributed by atoms with van der Waals surface area (Å²) in [7, 11) is 0. The van der Waals surface area contributed by atoms with Gasteiger partial charge in [-0.3, -0.25) is 0 Å². The molecule has 2 aromatic rings. The monoisotopic (exact) mass is 309 g/mol. The van der Waals surface area contributed by atoms with E-state index in [0.717, 1.165) is 29.3 Å². The molecule has 0 bridgehead atoms. The molecule has 0 aliphatic heterocycles. The van der Waals surface area contributed by atoms with E-state index in [2.05, 4.69) is 5.32 Å². The minimum absolute atomic E-state index is 0.0870. The smallest absolute Gasteiger partial charge is 0.416 e. The van der Waals surface area contributed by atoms with Crippen LogP contribution in [0.3, 0.4) is 0 Å². The molecular formula is C16H14F3NO2. The van der Waals surface area contributed by atoms with Gasteiger partial charge in [0.2, 0.25) is 0 Å². The first-order chi connectivity index (χ1) is 10.2. The van der Waals surface area contributed by atoms with Crippen LogP contribution in [0.5, 0.6) is 0 Å². The van der Waals surface area contributed by atoms with Crippen LogP contribution >= 0.6 is 0 Å². The summed E-state index contributed by atoms with van der Waals surface area (Å²) in [6.07, 6.45) is -4.53. The number of rotatable bonds is 3. The molecule has 0 radical (unpaired) electrons. The Bertz CT molecular complexity index is 724. The number of alkyl halides is 3. The van der Waals surface area contributed by atoms with Gasteiger partial charge in [-0.2, -0.15) is 13.2 Å². The lowest BCUT2D eigenvalue weighted by atomic mass is 10.1. The Kier molecular flexibility index (Phi) is 4.12. The number of nitrogens with one attached hydrogen (secondary N) is 1. The van der Waals surface area contributed by atoms with Crippen molar-refractivity contribution in [2.24, 2.45) is 0 Å². The van der Waals surface area contributed by atoms with Gasteiger partial charge >= 0.3 is 12.1 Å². The first-order valence-electron chi connectivity index (χ1n) is 6.48. The van der Waals surface area contributed by atoms with Gasteiger partial charge in [-0.1, -0.05) is 12.1 Å². The van der Waals surface area contributed by atoms with E-state index in [1.165, 1.54) is 0 Å². The summed E-state index contributed by atoms with van der Waals surface area (Å²) < 4.78 is 38.4. The van der Waals surface area contributed by atoms with Crippen LogP contribution in [0.25, 0.3) is 0 Å². The van der Waals surface area contributed by atoms with Gasteiger partial charge in [0.05, 0.1) is 16.8 Å². The van der Waals surface area contributed by atoms with Gasteiger partial charge < -0.3 is 10.4 Å². The van der Waals surface area contributed by atoms with Crippen molar-refractivity contribution < 1.29 is 23.1 Å². The molecule has 0 amide bonds. The number of aromatic carboxylic acids is 1. The molecule has 0 unspecified atom stereocenters. The molecular weight excluding hydrogens is 295 g/mol. The Balaban J connectivity index is 2.52. The van der Waals surface area contributed by atoms with E-state index < -0.39 is 17.7 Å². The second kappa shape index (κ2) is 5.71. The maximum absolute atomic E-state index is 12.8. The number of carbonyl (C=O) groups is 1. The van der Waals surface area contributed by atoms with E-state index in [-0.39, 0.29) is 11.3 Å². The number of carboxylic acids is 1. The van der Waals surface area contributed by atoms with Crippen LogP contribution in [0.15, 0.2) is 36.4 Å². The summed E-state index contributed by atoms with van der Waals surface area (Å²) in [6, 6.07) is 7.83. The molecule has 0 saturated heterocycles. The SMILES string of the molecule is Cc1cccc(Nc2cc(C(F)(F)F)ccc2C(=O)O)c1C. The molecule has 0 aromatic heterocycles. The van der Waals surface area contributed by atoms with Gasteiger partial charge in [-0.15, -0.1) is 0 Å². The van der Waals surface area contributed by atoms with Crippen LogP contribution in [-0.2, 0) is 6.18 Å². The summed E-state index contributed by atoms with van der Waals surface area (Å²) in [5, 5.41) is 11.9. The minimum atomic E-state index is -4.53. The molecule has 22 heavy (non-hydrogen) atoms. The Morgan fingerprint density at radius 3 is 2.36 bits per heavy atom. The number of benzene rings is 2. The Hall–Kier alpha value is -2.50. The second-order valence-corrected chi connectivity index (χ2v) is 4.94. The number of halogens is 3. The standard InChI is InChI=1S/C16H14F3NO2/c1-9-4-3-5-13(10(9)2)20-14-8-11(16(17,18)19)6-7-12(14)15(21)22/h3-8,20H,1-2H3,(H,21,22). The van der Waals surface area contributed by atoms with E-state index in [4.69, 9.17) is 5.11 Å². The first-order valence-corrected chi connectivity index (χ1v) is 6.48. The molecule has 2 N–H and O–H groups in total. The molecule has 0 fully saturated rings. The fourth-order valence-corrected chi connectivity index (χ4v) is 2.04. The summed E-state index contributed by atoms with van der Waals surface area (Å²) in [5.41, 5.74) is 1.17. The van der Waals surface area contributed by atoms with Crippen LogP contribution in [0, 0.1) is 13.8 Å². The average Bonchev–Trinajstić information content (AvgIpc) is 2.42. The molecule has 3 nitrogen and oxygen atoms in total. The fourth-order valence-electron chi connectivity index (χ4n) is 2.04. The van der Waals surface area contributed by atoms with Crippen molar-refractivity contribution in [1.82, 2.24) is 0 Å². The van der Waals surface area contributed by atoms with E-state index in [1.54, 1.807) is 12.1 Å². The molecule has 0 atom stereocenters. The van der Waals surface area contributed by atoms with Gasteiger partial charge in [-0.25, -0.2) is 4.79 Å². The number of hydrogen-bond acceptors (Lipinski definition) is 2. The Labute approximate surface area is 125 Å². The molecule has 0 heterocycles. The van der Waals surface area contributed by atoms with Crippen LogP contribution in [0.1, 0.15) is 27.0 Å². The van der Waals surface area contributed by atoms with Crippen molar-refractivity contribution >= 4 is 17.3 Å². The minimum Gasteiger partial charge on any atom is -0.478 e. The average molecular weight is 309 g/mol. The zero-order chi connectivity index (χ0) is 16.5. The lowest BCUT2D eigenvalue weighted by molar-refractivity contribution is -0.137. The Morgan fingerprint density at radius 2 is 1.77 bits per heavy atom. The quantitative estimate of drug-likeness (QED) is 0.859. The number of hydrogen-bond donors (Lipinski definition) is 2. The largest absolute Gasteiger partial charge is 0.478 e. The van der Waals surface area contributed by atoms with E-state index in [1.807, 2.05) is 19.9 Å². The summed E-state index contributed by atoms with van der Waals surface area (Å²) in [6.45, 7) is 3.68. The zero-order valence-electron chi connectivity index (χ0n) is 12.0. The first kappa shape index (κ1) is 15.9. The topological polar surface area (TPSA) is 49.3 Å². The van der Waals surface area contributed by atoms with E-state index in [0.29, 0.717) is 5.69 Å². The molecule has 116 valence electrons. The van der Waals surface area contributed by atoms with Crippen molar-refractivity contribution in [3.63, 3.8) is 0 Å². The lowest BCUT2D eigenvalue weighted by Crippen LogP contribution is -2.09. The summed E-state index contributed by atoms with van der Waals surface area (Å²) in [4.78, 5) is 11.2. The van der Waals surface area contributed by atoms with Crippen molar-refractivity contribution in [3.05, 3.63) is 58.7 Å². The molecule has 2 aromatic carbocycles. The van der Waals surface area contributed by atoms with Gasteiger partial charge in [0.1, 0.15) is 0 Å². The number of aryl methyl sites for hydroxylation is 1.